The average Bonchev–Trinajstić information content (AvgIpc) is 2.45. The summed E-state index contributed by atoms with van der Waals surface area (Å²) in [6, 6.07) is 7.87. The highest BCUT2D eigenvalue weighted by molar-refractivity contribution is 9.10. The summed E-state index contributed by atoms with van der Waals surface area (Å²) >= 11 is 3.51. The van der Waals surface area contributed by atoms with Crippen LogP contribution in [0.15, 0.2) is 28.7 Å². The van der Waals surface area contributed by atoms with Crippen LogP contribution >= 0.6 is 15.9 Å². The van der Waals surface area contributed by atoms with E-state index in [-0.39, 0.29) is 0 Å². The zero-order valence-corrected chi connectivity index (χ0v) is 12.8. The molecule has 3 rings (SSSR count). The maximum absolute atomic E-state index is 5.50. The van der Waals surface area contributed by atoms with Crippen molar-refractivity contribution >= 4 is 21.6 Å². The fourth-order valence-corrected chi connectivity index (χ4v) is 3.09. The highest BCUT2D eigenvalue weighted by Gasteiger charge is 2.38. The van der Waals surface area contributed by atoms with Crippen molar-refractivity contribution < 1.29 is 19.6 Å². The Labute approximate surface area is 126 Å². The van der Waals surface area contributed by atoms with E-state index in [1.54, 1.807) is 0 Å². The molecule has 0 atom stereocenters. The molecule has 0 unspecified atom stereocenters. The number of benzene rings is 1. The van der Waals surface area contributed by atoms with E-state index >= 15 is 0 Å². The van der Waals surface area contributed by atoms with Crippen molar-refractivity contribution in [1.82, 2.24) is 0 Å². The van der Waals surface area contributed by atoms with Crippen LogP contribution in [-0.4, -0.2) is 19.2 Å². The third-order valence-corrected chi connectivity index (χ3v) is 4.32. The van der Waals surface area contributed by atoms with Gasteiger partial charge in [0, 0.05) is 17.3 Å². The summed E-state index contributed by atoms with van der Waals surface area (Å²) < 4.78 is 0.972. The number of para-hydroxylation sites is 1. The van der Waals surface area contributed by atoms with Gasteiger partial charge in [0.15, 0.2) is 13.5 Å². The van der Waals surface area contributed by atoms with Crippen LogP contribution in [0, 0.1) is 0 Å². The monoisotopic (exact) mass is 343 g/mol. The van der Waals surface area contributed by atoms with Gasteiger partial charge in [0.05, 0.1) is 5.69 Å². The highest BCUT2D eigenvalue weighted by Crippen LogP contribution is 2.35. The van der Waals surface area contributed by atoms with E-state index in [4.69, 9.17) is 19.6 Å². The third kappa shape index (κ3) is 3.15. The number of hydrogen-bond acceptors (Lipinski definition) is 5. The van der Waals surface area contributed by atoms with Gasteiger partial charge in [-0.25, -0.2) is 9.78 Å². The quantitative estimate of drug-likeness (QED) is 0.726. The molecule has 6 heteroatoms. The van der Waals surface area contributed by atoms with Crippen LogP contribution in [-0.2, 0) is 19.6 Å². The first-order chi connectivity index (χ1) is 9.79. The minimum atomic E-state index is -0.724. The topological polar surface area (TPSA) is 40.2 Å². The second kappa shape index (κ2) is 6.41. The molecule has 0 N–H and O–H groups in total. The van der Waals surface area contributed by atoms with E-state index in [0.29, 0.717) is 13.5 Å². The fraction of sp³-hybridized carbons (Fsp3) is 0.571. The van der Waals surface area contributed by atoms with Crippen molar-refractivity contribution in [1.29, 1.82) is 0 Å². The Bertz CT molecular complexity index is 439. The second-order valence-corrected chi connectivity index (χ2v) is 5.98. The highest BCUT2D eigenvalue weighted by atomic mass is 79.9. The molecule has 1 saturated carbocycles. The molecule has 0 bridgehead atoms. The van der Waals surface area contributed by atoms with Crippen LogP contribution in [0.5, 0.6) is 0 Å². The summed E-state index contributed by atoms with van der Waals surface area (Å²) in [5, 5.41) is 0. The molecule has 0 aromatic heterocycles. The van der Waals surface area contributed by atoms with E-state index in [1.807, 2.05) is 29.2 Å². The van der Waals surface area contributed by atoms with Crippen molar-refractivity contribution in [2.45, 2.75) is 37.9 Å². The molecule has 2 fully saturated rings. The minimum absolute atomic E-state index is 0.299. The molecule has 1 saturated heterocycles. The number of rotatable bonds is 1. The number of halogens is 1. The largest absolute Gasteiger partial charge is 0.319 e. The van der Waals surface area contributed by atoms with Crippen molar-refractivity contribution in [3.05, 3.63) is 28.7 Å². The van der Waals surface area contributed by atoms with Crippen LogP contribution in [0.4, 0.5) is 5.69 Å². The maximum atomic E-state index is 5.50. The van der Waals surface area contributed by atoms with Crippen molar-refractivity contribution in [2.75, 3.05) is 18.4 Å². The van der Waals surface area contributed by atoms with Gasteiger partial charge < -0.3 is 4.90 Å². The summed E-state index contributed by atoms with van der Waals surface area (Å²) in [6.07, 6.45) is 4.96. The van der Waals surface area contributed by atoms with Gasteiger partial charge in [-0.15, -0.1) is 0 Å². The predicted molar refractivity (Wildman–Crippen MR) is 76.5 cm³/mol. The van der Waals surface area contributed by atoms with E-state index in [2.05, 4.69) is 15.9 Å². The van der Waals surface area contributed by atoms with Crippen molar-refractivity contribution in [3.8, 4) is 0 Å². The van der Waals surface area contributed by atoms with Crippen LogP contribution in [0.2, 0.25) is 0 Å². The maximum Gasteiger partial charge on any atom is 0.234 e. The minimum Gasteiger partial charge on any atom is -0.319 e. The van der Waals surface area contributed by atoms with Crippen LogP contribution in [0.25, 0.3) is 0 Å². The van der Waals surface area contributed by atoms with Crippen LogP contribution in [0.1, 0.15) is 32.1 Å². The number of hydrogen-bond donors (Lipinski definition) is 0. The van der Waals surface area contributed by atoms with Gasteiger partial charge in [-0.1, -0.05) is 18.6 Å². The second-order valence-electron chi connectivity index (χ2n) is 5.12. The van der Waals surface area contributed by atoms with Crippen LogP contribution < -0.4 is 4.90 Å². The molecule has 1 aromatic carbocycles. The SMILES string of the molecule is Brc1ccccc1N1COOC2(CCCCC2)OOC1. The summed E-state index contributed by atoms with van der Waals surface area (Å²) in [7, 11) is 0. The number of nitrogens with zero attached hydrogens (tertiary/aromatic N) is 1. The smallest absolute Gasteiger partial charge is 0.234 e. The Kier molecular flexibility index (Phi) is 4.58. The summed E-state index contributed by atoms with van der Waals surface area (Å²) in [4.78, 5) is 23.7. The van der Waals surface area contributed by atoms with Gasteiger partial charge >= 0.3 is 0 Å². The van der Waals surface area contributed by atoms with Crippen LogP contribution in [0.3, 0.4) is 0 Å². The first-order valence-electron chi connectivity index (χ1n) is 6.90. The van der Waals surface area contributed by atoms with Gasteiger partial charge in [0.25, 0.3) is 0 Å². The molecular weight excluding hydrogens is 326 g/mol. The zero-order valence-electron chi connectivity index (χ0n) is 11.2. The summed E-state index contributed by atoms with van der Waals surface area (Å²) in [5.74, 6) is -0.724. The first kappa shape index (κ1) is 14.3. The van der Waals surface area contributed by atoms with E-state index in [0.717, 1.165) is 35.8 Å². The summed E-state index contributed by atoms with van der Waals surface area (Å²) in [5.41, 5.74) is 0.972. The third-order valence-electron chi connectivity index (χ3n) is 3.65. The fourth-order valence-electron chi connectivity index (χ4n) is 2.55. The standard InChI is InChI=1S/C14H18BrNO4/c15-12-6-2-3-7-13(12)16-10-17-19-14(20-18-11-16)8-4-1-5-9-14/h2-3,6-7H,1,4-5,8-11H2. The van der Waals surface area contributed by atoms with Gasteiger partial charge in [0.1, 0.15) is 0 Å². The molecule has 1 spiro atoms. The van der Waals surface area contributed by atoms with Gasteiger partial charge in [-0.05, 0) is 40.9 Å². The molecule has 110 valence electrons. The molecule has 1 aliphatic heterocycles. The first-order valence-corrected chi connectivity index (χ1v) is 7.69. The molecule has 20 heavy (non-hydrogen) atoms. The Morgan fingerprint density at radius 3 is 2.25 bits per heavy atom. The molecule has 1 aliphatic carbocycles. The summed E-state index contributed by atoms with van der Waals surface area (Å²) in [6.45, 7) is 0.599. The van der Waals surface area contributed by atoms with E-state index in [1.165, 1.54) is 6.42 Å². The average molecular weight is 344 g/mol. The predicted octanol–water partition coefficient (Wildman–Crippen LogP) is 3.74. The molecule has 2 aliphatic rings. The Balaban J connectivity index is 1.65. The lowest BCUT2D eigenvalue weighted by molar-refractivity contribution is -0.527. The van der Waals surface area contributed by atoms with Crippen molar-refractivity contribution in [2.24, 2.45) is 0 Å². The number of anilines is 1. The zero-order chi connectivity index (χ0) is 13.8. The molecular formula is C14H18BrNO4. The normalized spacial score (nSPS) is 23.4. The molecule has 5 nitrogen and oxygen atoms in total. The Hall–Kier alpha value is -0.660. The Morgan fingerprint density at radius 1 is 0.950 bits per heavy atom. The van der Waals surface area contributed by atoms with Crippen molar-refractivity contribution in [3.63, 3.8) is 0 Å². The Morgan fingerprint density at radius 2 is 1.60 bits per heavy atom. The molecule has 1 heterocycles. The molecule has 0 radical (unpaired) electrons. The lowest BCUT2D eigenvalue weighted by Gasteiger charge is -2.37. The lowest BCUT2D eigenvalue weighted by Crippen LogP contribution is -2.44. The van der Waals surface area contributed by atoms with E-state index in [9.17, 15) is 0 Å². The molecule has 0 amide bonds. The van der Waals surface area contributed by atoms with E-state index < -0.39 is 5.79 Å². The van der Waals surface area contributed by atoms with Gasteiger partial charge in [-0.2, -0.15) is 9.78 Å². The lowest BCUT2D eigenvalue weighted by atomic mass is 9.94. The van der Waals surface area contributed by atoms with Gasteiger partial charge in [-0.3, -0.25) is 0 Å². The van der Waals surface area contributed by atoms with Gasteiger partial charge in [0.2, 0.25) is 5.79 Å². The molecule has 1 aromatic rings.